The second-order valence-corrected chi connectivity index (χ2v) is 16.0. The van der Waals surface area contributed by atoms with E-state index in [0.717, 1.165) is 0 Å². The van der Waals surface area contributed by atoms with Gasteiger partial charge in [-0.1, -0.05) is 6.92 Å². The molecule has 0 radical (unpaired) electrons. The fourth-order valence-corrected chi connectivity index (χ4v) is 9.52. The largest absolute Gasteiger partial charge is 0.456 e. The van der Waals surface area contributed by atoms with Gasteiger partial charge >= 0.3 is 12.1 Å². The number of ether oxygens (including phenoxy) is 2. The van der Waals surface area contributed by atoms with Crippen molar-refractivity contribution < 1.29 is 43.6 Å². The number of likely N-dealkylation sites (tertiary alicyclic amines) is 2. The maximum absolute atomic E-state index is 13.8. The van der Waals surface area contributed by atoms with Crippen LogP contribution in [-0.4, -0.2) is 122 Å². The van der Waals surface area contributed by atoms with Gasteiger partial charge in [0.2, 0.25) is 11.8 Å². The van der Waals surface area contributed by atoms with Gasteiger partial charge in [0.05, 0.1) is 34.0 Å². The third-order valence-corrected chi connectivity index (χ3v) is 12.4. The van der Waals surface area contributed by atoms with Crippen molar-refractivity contribution in [1.82, 2.24) is 19.6 Å². The van der Waals surface area contributed by atoms with Crippen LogP contribution in [0.1, 0.15) is 37.8 Å². The predicted molar refractivity (Wildman–Crippen MR) is 198 cm³/mol. The second kappa shape index (κ2) is 16.3. The first-order chi connectivity index (χ1) is 26.1. The first-order valence-corrected chi connectivity index (χ1v) is 18.9. The number of nitro benzene ring substituents is 2. The average molecular weight is 781 g/mol. The van der Waals surface area contributed by atoms with Crippen LogP contribution in [0.15, 0.2) is 59.1 Å². The van der Waals surface area contributed by atoms with Crippen LogP contribution >= 0.6 is 11.8 Å². The van der Waals surface area contributed by atoms with Crippen molar-refractivity contribution in [1.29, 1.82) is 0 Å². The molecule has 2 aromatic rings. The zero-order chi connectivity index (χ0) is 39.7. The molecule has 18 heteroatoms. The Kier molecular flexibility index (Phi) is 11.8. The van der Waals surface area contributed by atoms with Crippen molar-refractivity contribution in [3.63, 3.8) is 0 Å². The minimum atomic E-state index is -0.908. The summed E-state index contributed by atoms with van der Waals surface area (Å²) in [6.45, 7) is 5.27. The summed E-state index contributed by atoms with van der Waals surface area (Å²) in [4.78, 5) is 81.7. The Morgan fingerprint density at radius 3 is 2.13 bits per heavy atom. The Labute approximate surface area is 321 Å². The van der Waals surface area contributed by atoms with E-state index in [4.69, 9.17) is 9.47 Å². The quantitative estimate of drug-likeness (QED) is 0.134. The van der Waals surface area contributed by atoms with E-state index in [-0.39, 0.29) is 59.2 Å². The van der Waals surface area contributed by atoms with Gasteiger partial charge in [-0.3, -0.25) is 34.7 Å². The number of thioether (sulfide) groups is 1. The van der Waals surface area contributed by atoms with Gasteiger partial charge in [0.25, 0.3) is 11.4 Å². The Morgan fingerprint density at radius 2 is 1.56 bits per heavy atom. The van der Waals surface area contributed by atoms with E-state index >= 15 is 0 Å². The van der Waals surface area contributed by atoms with Gasteiger partial charge in [-0.25, -0.2) is 9.59 Å². The summed E-state index contributed by atoms with van der Waals surface area (Å²) in [5.41, 5.74) is 1.17. The molecule has 0 saturated carbocycles. The van der Waals surface area contributed by atoms with Crippen molar-refractivity contribution in [2.45, 2.75) is 63.3 Å². The van der Waals surface area contributed by atoms with Gasteiger partial charge in [0, 0.05) is 73.6 Å². The number of fused-ring (bicyclic) bond motifs is 1. The minimum absolute atomic E-state index is 0.0131. The summed E-state index contributed by atoms with van der Waals surface area (Å²) in [6, 6.07) is 10.6. The number of β-lactam (4-membered cyclic amide) rings is 1. The Balaban J connectivity index is 1.05. The molecule has 7 atom stereocenters. The van der Waals surface area contributed by atoms with E-state index in [0.29, 0.717) is 55.1 Å². The van der Waals surface area contributed by atoms with Crippen LogP contribution < -0.4 is 0 Å². The van der Waals surface area contributed by atoms with Crippen LogP contribution in [0, 0.1) is 38.0 Å². The van der Waals surface area contributed by atoms with Crippen LogP contribution in [0.4, 0.5) is 16.2 Å². The molecule has 0 bridgehead atoms. The van der Waals surface area contributed by atoms with E-state index in [1.54, 1.807) is 14.0 Å². The SMILES string of the molecule is C[C@@H](O)[C@H]1C(=O)N2C(C(=O)OCc3ccc([N+](=O)[O-])cc3)=C(S[C@H]3C[C@@H](C(=O)N4CC[C@@H](CN(C)C(=O)OCc5ccc([N+](=O)[O-])cc5)C4)N(C)C3)[C@H](C)[C@H]12. The number of benzene rings is 2. The number of non-ortho nitro benzene ring substituents is 2. The lowest BCUT2D eigenvalue weighted by molar-refractivity contribution is -0.385. The van der Waals surface area contributed by atoms with E-state index < -0.39 is 46.0 Å². The second-order valence-electron chi connectivity index (χ2n) is 14.7. The molecule has 1 N–H and O–H groups in total. The number of rotatable bonds is 13. The minimum Gasteiger partial charge on any atom is -0.456 e. The topological polar surface area (TPSA) is 206 Å². The highest BCUT2D eigenvalue weighted by Crippen LogP contribution is 2.52. The van der Waals surface area contributed by atoms with E-state index in [9.17, 15) is 44.5 Å². The molecule has 55 heavy (non-hydrogen) atoms. The van der Waals surface area contributed by atoms with Crippen molar-refractivity contribution in [2.75, 3.05) is 40.3 Å². The van der Waals surface area contributed by atoms with Crippen molar-refractivity contribution >= 4 is 47.0 Å². The molecule has 3 amide bonds. The van der Waals surface area contributed by atoms with Crippen LogP contribution in [0.25, 0.3) is 0 Å². The first-order valence-electron chi connectivity index (χ1n) is 18.1. The number of hydrogen-bond acceptors (Lipinski definition) is 13. The molecule has 4 aliphatic rings. The van der Waals surface area contributed by atoms with Gasteiger partial charge in [0.1, 0.15) is 18.9 Å². The monoisotopic (exact) mass is 780 g/mol. The predicted octanol–water partition coefficient (Wildman–Crippen LogP) is 3.54. The summed E-state index contributed by atoms with van der Waals surface area (Å²) in [5, 5.41) is 32.2. The van der Waals surface area contributed by atoms with Gasteiger partial charge in [0.15, 0.2) is 0 Å². The van der Waals surface area contributed by atoms with Gasteiger partial charge in [-0.15, -0.1) is 11.8 Å². The molecular formula is C37H44N6O11S. The Hall–Kier alpha value is -5.07. The summed E-state index contributed by atoms with van der Waals surface area (Å²) in [7, 11) is 3.52. The molecule has 3 saturated heterocycles. The number of carbonyl (C=O) groups is 4. The molecule has 0 aliphatic carbocycles. The lowest BCUT2D eigenvalue weighted by Crippen LogP contribution is -2.63. The highest BCUT2D eigenvalue weighted by Gasteiger charge is 2.60. The van der Waals surface area contributed by atoms with Crippen molar-refractivity contribution in [3.05, 3.63) is 90.5 Å². The van der Waals surface area contributed by atoms with Gasteiger partial charge in [-0.05, 0) is 68.1 Å². The number of hydrogen-bond donors (Lipinski definition) is 1. The fraction of sp³-hybridized carbons (Fsp3) is 0.514. The molecule has 2 aromatic carbocycles. The number of nitrogens with zero attached hydrogens (tertiary/aromatic N) is 6. The number of carbonyl (C=O) groups excluding carboxylic acids is 4. The molecule has 17 nitrogen and oxygen atoms in total. The highest BCUT2D eigenvalue weighted by molar-refractivity contribution is 8.03. The first kappa shape index (κ1) is 39.6. The zero-order valence-electron chi connectivity index (χ0n) is 30.9. The number of likely N-dealkylation sites (N-methyl/N-ethyl adjacent to an activating group) is 1. The van der Waals surface area contributed by atoms with Crippen LogP contribution in [0.3, 0.4) is 0 Å². The van der Waals surface area contributed by atoms with Crippen LogP contribution in [-0.2, 0) is 37.1 Å². The number of esters is 1. The van der Waals surface area contributed by atoms with Gasteiger partial charge < -0.3 is 29.3 Å². The highest BCUT2D eigenvalue weighted by atomic mass is 32.2. The smallest absolute Gasteiger partial charge is 0.409 e. The molecule has 6 rings (SSSR count). The number of amides is 3. The normalized spacial score (nSPS) is 25.4. The molecule has 0 spiro atoms. The zero-order valence-corrected chi connectivity index (χ0v) is 31.8. The molecule has 4 aliphatic heterocycles. The van der Waals surface area contributed by atoms with E-state index in [1.165, 1.54) is 70.1 Å². The Bertz CT molecular complexity index is 1870. The van der Waals surface area contributed by atoms with Crippen molar-refractivity contribution in [3.8, 4) is 0 Å². The van der Waals surface area contributed by atoms with E-state index in [1.807, 2.05) is 23.8 Å². The molecule has 0 aromatic heterocycles. The maximum Gasteiger partial charge on any atom is 0.409 e. The molecule has 0 unspecified atom stereocenters. The summed E-state index contributed by atoms with van der Waals surface area (Å²) >= 11 is 1.46. The molecule has 3 fully saturated rings. The van der Waals surface area contributed by atoms with Gasteiger partial charge in [-0.2, -0.15) is 0 Å². The Morgan fingerprint density at radius 1 is 0.982 bits per heavy atom. The number of aliphatic hydroxyl groups is 1. The molecule has 4 heterocycles. The standard InChI is InChI=1S/C37H44N6O11S/c1-21-31-30(22(2)44)35(46)41(31)32(36(47)53-19-23-5-9-26(10-6-23)42(49)50)33(21)55-28-15-29(38(3)18-28)34(45)40-14-13-25(17-40)16-39(4)37(48)54-20-24-7-11-27(12-8-24)43(51)52/h5-12,21-22,25,28-31,44H,13-20H2,1-4H3/t21-,22-,25+,28+,29+,30-,31-/m1/s1. The summed E-state index contributed by atoms with van der Waals surface area (Å²) in [5.74, 6) is -1.94. The summed E-state index contributed by atoms with van der Waals surface area (Å²) in [6.07, 6.45) is -0.216. The lowest BCUT2D eigenvalue weighted by Gasteiger charge is -2.46. The van der Waals surface area contributed by atoms with Crippen molar-refractivity contribution in [2.24, 2.45) is 17.8 Å². The fourth-order valence-electron chi connectivity index (χ4n) is 7.93. The van der Waals surface area contributed by atoms with Crippen LogP contribution in [0.5, 0.6) is 0 Å². The average Bonchev–Trinajstić information content (AvgIpc) is 3.84. The third-order valence-electron chi connectivity index (χ3n) is 10.9. The maximum atomic E-state index is 13.8. The molecular weight excluding hydrogens is 737 g/mol. The number of aliphatic hydroxyl groups excluding tert-OH is 1. The number of nitro groups is 2. The summed E-state index contributed by atoms with van der Waals surface area (Å²) < 4.78 is 11.0. The third kappa shape index (κ3) is 8.30. The molecule has 294 valence electrons. The lowest BCUT2D eigenvalue weighted by atomic mass is 9.79. The van der Waals surface area contributed by atoms with Crippen LogP contribution in [0.2, 0.25) is 0 Å². The van der Waals surface area contributed by atoms with E-state index in [2.05, 4.69) is 0 Å².